The highest BCUT2D eigenvalue weighted by Gasteiger charge is 2.09. The first kappa shape index (κ1) is 15.0. The molecule has 0 spiro atoms. The molecule has 1 aliphatic heterocycles. The Balaban J connectivity index is 1.94. The topological polar surface area (TPSA) is 69.6 Å². The molecule has 1 rings (SSSR count). The summed E-state index contributed by atoms with van der Waals surface area (Å²) in [4.78, 5) is 24.1. The molecule has 0 atom stereocenters. The third-order valence-electron chi connectivity index (χ3n) is 3.24. The lowest BCUT2D eigenvalue weighted by Crippen LogP contribution is -2.37. The maximum atomic E-state index is 11.5. The summed E-state index contributed by atoms with van der Waals surface area (Å²) in [5.41, 5.74) is 0. The van der Waals surface area contributed by atoms with Gasteiger partial charge < -0.3 is 15.3 Å². The number of nitrogens with zero attached hydrogens (tertiary/aromatic N) is 1. The minimum absolute atomic E-state index is 0.0393. The van der Waals surface area contributed by atoms with Crippen LogP contribution >= 0.6 is 0 Å². The van der Waals surface area contributed by atoms with Crippen LogP contribution < -0.4 is 5.32 Å². The van der Waals surface area contributed by atoms with E-state index >= 15 is 0 Å². The average molecular weight is 256 g/mol. The predicted molar refractivity (Wildman–Crippen MR) is 69.4 cm³/mol. The van der Waals surface area contributed by atoms with E-state index in [9.17, 15) is 9.59 Å². The summed E-state index contributed by atoms with van der Waals surface area (Å²) in [7, 11) is 0. The molecule has 0 bridgehead atoms. The smallest absolute Gasteiger partial charge is 0.303 e. The number of carboxylic acid groups (broad SMARTS) is 1. The van der Waals surface area contributed by atoms with Crippen molar-refractivity contribution in [2.24, 2.45) is 0 Å². The predicted octanol–water partition coefficient (Wildman–Crippen LogP) is 1.23. The van der Waals surface area contributed by atoms with Crippen molar-refractivity contribution in [1.82, 2.24) is 10.2 Å². The number of nitrogens with one attached hydrogen (secondary N) is 1. The van der Waals surface area contributed by atoms with E-state index in [0.29, 0.717) is 25.8 Å². The van der Waals surface area contributed by atoms with Crippen LogP contribution in [0.25, 0.3) is 0 Å². The molecule has 0 radical (unpaired) electrons. The van der Waals surface area contributed by atoms with E-state index in [-0.39, 0.29) is 12.3 Å². The Kier molecular flexibility index (Phi) is 7.41. The van der Waals surface area contributed by atoms with Gasteiger partial charge in [0, 0.05) is 25.9 Å². The number of carboxylic acids is 1. The SMILES string of the molecule is O=C(O)CCCCC(=O)NCCN1CCCCC1. The summed E-state index contributed by atoms with van der Waals surface area (Å²) in [6, 6.07) is 0. The summed E-state index contributed by atoms with van der Waals surface area (Å²) in [5, 5.41) is 11.3. The molecule has 1 saturated heterocycles. The molecule has 1 heterocycles. The summed E-state index contributed by atoms with van der Waals surface area (Å²) < 4.78 is 0. The monoisotopic (exact) mass is 256 g/mol. The molecule has 0 aromatic carbocycles. The van der Waals surface area contributed by atoms with Crippen LogP contribution in [0.1, 0.15) is 44.9 Å². The zero-order valence-electron chi connectivity index (χ0n) is 11.0. The van der Waals surface area contributed by atoms with E-state index in [1.54, 1.807) is 0 Å². The van der Waals surface area contributed by atoms with Crippen LogP contribution in [-0.4, -0.2) is 48.1 Å². The fraction of sp³-hybridized carbons (Fsp3) is 0.846. The maximum Gasteiger partial charge on any atom is 0.303 e. The normalized spacial score (nSPS) is 16.4. The van der Waals surface area contributed by atoms with Gasteiger partial charge in [-0.15, -0.1) is 0 Å². The molecular formula is C13H24N2O3. The Hall–Kier alpha value is -1.10. The number of carbonyl (C=O) groups is 2. The quantitative estimate of drug-likeness (QED) is 0.641. The van der Waals surface area contributed by atoms with Gasteiger partial charge in [-0.05, 0) is 38.8 Å². The zero-order chi connectivity index (χ0) is 13.2. The van der Waals surface area contributed by atoms with Crippen molar-refractivity contribution in [3.05, 3.63) is 0 Å². The number of rotatable bonds is 8. The van der Waals surface area contributed by atoms with Gasteiger partial charge in [-0.3, -0.25) is 9.59 Å². The summed E-state index contributed by atoms with van der Waals surface area (Å²) in [6.07, 6.45) is 5.68. The van der Waals surface area contributed by atoms with Crippen LogP contribution in [0.4, 0.5) is 0 Å². The van der Waals surface area contributed by atoms with E-state index in [4.69, 9.17) is 5.11 Å². The van der Waals surface area contributed by atoms with Crippen molar-refractivity contribution in [3.8, 4) is 0 Å². The van der Waals surface area contributed by atoms with Gasteiger partial charge in [0.15, 0.2) is 0 Å². The molecule has 1 amide bonds. The number of piperidine rings is 1. The Morgan fingerprint density at radius 3 is 2.39 bits per heavy atom. The van der Waals surface area contributed by atoms with Gasteiger partial charge >= 0.3 is 5.97 Å². The highest BCUT2D eigenvalue weighted by molar-refractivity contribution is 5.75. The van der Waals surface area contributed by atoms with Gasteiger partial charge in [-0.25, -0.2) is 0 Å². The number of hydrogen-bond donors (Lipinski definition) is 2. The first-order valence-electron chi connectivity index (χ1n) is 6.89. The highest BCUT2D eigenvalue weighted by Crippen LogP contribution is 2.07. The Morgan fingerprint density at radius 2 is 1.72 bits per heavy atom. The van der Waals surface area contributed by atoms with E-state index in [1.165, 1.54) is 19.3 Å². The van der Waals surface area contributed by atoms with Crippen LogP contribution in [0.2, 0.25) is 0 Å². The van der Waals surface area contributed by atoms with Crippen LogP contribution in [0.15, 0.2) is 0 Å². The minimum Gasteiger partial charge on any atom is -0.481 e. The highest BCUT2D eigenvalue weighted by atomic mass is 16.4. The van der Waals surface area contributed by atoms with Gasteiger partial charge in [0.25, 0.3) is 0 Å². The van der Waals surface area contributed by atoms with Crippen molar-refractivity contribution < 1.29 is 14.7 Å². The molecule has 1 aliphatic rings. The summed E-state index contributed by atoms with van der Waals surface area (Å²) in [5.74, 6) is -0.752. The molecule has 0 aromatic rings. The number of aliphatic carboxylic acids is 1. The third-order valence-corrected chi connectivity index (χ3v) is 3.24. The number of amides is 1. The van der Waals surface area contributed by atoms with Crippen molar-refractivity contribution in [2.45, 2.75) is 44.9 Å². The third kappa shape index (κ3) is 7.27. The van der Waals surface area contributed by atoms with Crippen molar-refractivity contribution in [3.63, 3.8) is 0 Å². The van der Waals surface area contributed by atoms with Crippen molar-refractivity contribution in [2.75, 3.05) is 26.2 Å². The van der Waals surface area contributed by atoms with Crippen LogP contribution in [0.5, 0.6) is 0 Å². The van der Waals surface area contributed by atoms with Crippen LogP contribution in [-0.2, 0) is 9.59 Å². The molecule has 2 N–H and O–H groups in total. The molecule has 0 aliphatic carbocycles. The van der Waals surface area contributed by atoms with Crippen LogP contribution in [0.3, 0.4) is 0 Å². The number of likely N-dealkylation sites (tertiary alicyclic amines) is 1. The molecule has 0 saturated carbocycles. The lowest BCUT2D eigenvalue weighted by atomic mass is 10.1. The Labute approximate surface area is 109 Å². The fourth-order valence-corrected chi connectivity index (χ4v) is 2.19. The van der Waals surface area contributed by atoms with Gasteiger partial charge in [-0.1, -0.05) is 6.42 Å². The van der Waals surface area contributed by atoms with Crippen molar-refractivity contribution in [1.29, 1.82) is 0 Å². The van der Waals surface area contributed by atoms with E-state index < -0.39 is 5.97 Å². The van der Waals surface area contributed by atoms with Gasteiger partial charge in [0.2, 0.25) is 5.91 Å². The second-order valence-electron chi connectivity index (χ2n) is 4.85. The number of carbonyl (C=O) groups excluding carboxylic acids is 1. The number of hydrogen-bond acceptors (Lipinski definition) is 3. The Bertz CT molecular complexity index is 263. The largest absolute Gasteiger partial charge is 0.481 e. The average Bonchev–Trinajstić information content (AvgIpc) is 2.36. The second kappa shape index (κ2) is 8.91. The molecule has 5 heteroatoms. The fourth-order valence-electron chi connectivity index (χ4n) is 2.19. The molecule has 1 fully saturated rings. The Morgan fingerprint density at radius 1 is 1.06 bits per heavy atom. The maximum absolute atomic E-state index is 11.5. The summed E-state index contributed by atoms with van der Waals surface area (Å²) in [6.45, 7) is 3.93. The second-order valence-corrected chi connectivity index (χ2v) is 4.85. The van der Waals surface area contributed by atoms with Gasteiger partial charge in [0.1, 0.15) is 0 Å². The summed E-state index contributed by atoms with van der Waals surface area (Å²) >= 11 is 0. The van der Waals surface area contributed by atoms with Gasteiger partial charge in [0.05, 0.1) is 0 Å². The molecule has 18 heavy (non-hydrogen) atoms. The molecule has 104 valence electrons. The lowest BCUT2D eigenvalue weighted by Gasteiger charge is -2.26. The first-order chi connectivity index (χ1) is 8.68. The molecule has 0 unspecified atom stereocenters. The van der Waals surface area contributed by atoms with E-state index in [0.717, 1.165) is 19.6 Å². The molecular weight excluding hydrogens is 232 g/mol. The standard InChI is InChI=1S/C13H24N2O3/c16-12(6-2-3-7-13(17)18)14-8-11-15-9-4-1-5-10-15/h1-11H2,(H,14,16)(H,17,18). The van der Waals surface area contributed by atoms with E-state index in [2.05, 4.69) is 10.2 Å². The molecule has 5 nitrogen and oxygen atoms in total. The number of unbranched alkanes of at least 4 members (excludes halogenated alkanes) is 1. The minimum atomic E-state index is -0.791. The molecule has 0 aromatic heterocycles. The van der Waals surface area contributed by atoms with Crippen LogP contribution in [0, 0.1) is 0 Å². The van der Waals surface area contributed by atoms with Gasteiger partial charge in [-0.2, -0.15) is 0 Å². The van der Waals surface area contributed by atoms with Crippen molar-refractivity contribution >= 4 is 11.9 Å². The van der Waals surface area contributed by atoms with E-state index in [1.807, 2.05) is 0 Å². The zero-order valence-corrected chi connectivity index (χ0v) is 11.0. The first-order valence-corrected chi connectivity index (χ1v) is 6.89. The lowest BCUT2D eigenvalue weighted by molar-refractivity contribution is -0.137.